The number of nitrogens with one attached hydrogen (secondary N) is 1. The highest BCUT2D eigenvalue weighted by molar-refractivity contribution is 5.94. The number of hydrogen-bond acceptors (Lipinski definition) is 3. The van der Waals surface area contributed by atoms with Crippen molar-refractivity contribution in [3.63, 3.8) is 0 Å². The van der Waals surface area contributed by atoms with Crippen LogP contribution in [0.3, 0.4) is 0 Å². The van der Waals surface area contributed by atoms with Crippen molar-refractivity contribution in [2.75, 3.05) is 18.4 Å². The fraction of sp³-hybridized carbons (Fsp3) is 0.222. The third-order valence-electron chi connectivity index (χ3n) is 5.69. The topological polar surface area (TPSA) is 62.3 Å². The number of aromatic nitrogens is 1. The molecule has 34 heavy (non-hydrogen) atoms. The highest BCUT2D eigenvalue weighted by Crippen LogP contribution is 2.23. The highest BCUT2D eigenvalue weighted by atomic mass is 19.1. The zero-order valence-corrected chi connectivity index (χ0v) is 18.4. The van der Waals surface area contributed by atoms with E-state index in [-0.39, 0.29) is 29.8 Å². The van der Waals surface area contributed by atoms with Crippen molar-refractivity contribution in [3.8, 4) is 11.8 Å². The van der Waals surface area contributed by atoms with Gasteiger partial charge in [0.1, 0.15) is 17.3 Å². The van der Waals surface area contributed by atoms with Crippen molar-refractivity contribution in [1.82, 2.24) is 9.88 Å². The molecule has 1 fully saturated rings. The molecule has 5 nitrogen and oxygen atoms in total. The summed E-state index contributed by atoms with van der Waals surface area (Å²) in [6, 6.07) is 15.8. The lowest BCUT2D eigenvalue weighted by Gasteiger charge is -2.32. The van der Waals surface area contributed by atoms with Gasteiger partial charge in [-0.25, -0.2) is 13.8 Å². The van der Waals surface area contributed by atoms with Crippen LogP contribution in [0.4, 0.5) is 14.5 Å². The fourth-order valence-electron chi connectivity index (χ4n) is 3.88. The Hall–Kier alpha value is -4.05. The molecule has 1 aromatic heterocycles. The van der Waals surface area contributed by atoms with E-state index in [1.165, 1.54) is 6.07 Å². The molecular formula is C27H23F2N3O2. The van der Waals surface area contributed by atoms with Crippen molar-refractivity contribution < 1.29 is 18.4 Å². The van der Waals surface area contributed by atoms with E-state index in [0.29, 0.717) is 37.2 Å². The summed E-state index contributed by atoms with van der Waals surface area (Å²) < 4.78 is 26.8. The van der Waals surface area contributed by atoms with Crippen LogP contribution >= 0.6 is 0 Å². The van der Waals surface area contributed by atoms with Crippen molar-refractivity contribution in [3.05, 3.63) is 95.3 Å². The molecule has 0 spiro atoms. The first-order chi connectivity index (χ1) is 16.5. The van der Waals surface area contributed by atoms with Crippen LogP contribution < -0.4 is 5.32 Å². The average Bonchev–Trinajstić information content (AvgIpc) is 2.85. The smallest absolute Gasteiger partial charge is 0.253 e. The standard InChI is InChI=1S/C27H23F2N3O2/c28-22-8-10-25(24(29)18-22)31-26(33)17-20-11-14-32(15-12-20)27(34)21-5-3-4-19(16-21)7-9-23-6-1-2-13-30-23/h1-6,8,10,13,16,18,20H,11-12,14-15,17H2,(H,31,33). The molecule has 172 valence electrons. The molecule has 1 N–H and O–H groups in total. The monoisotopic (exact) mass is 459 g/mol. The van der Waals surface area contributed by atoms with E-state index < -0.39 is 11.6 Å². The SMILES string of the molecule is O=C(CC1CCN(C(=O)c2cccc(C#Cc3ccccn3)c2)CC1)Nc1ccc(F)cc1F. The Labute approximate surface area is 196 Å². The number of pyridine rings is 1. The number of hydrogen-bond donors (Lipinski definition) is 1. The molecule has 2 amide bonds. The third-order valence-corrected chi connectivity index (χ3v) is 5.69. The second-order valence-electron chi connectivity index (χ2n) is 8.16. The maximum absolute atomic E-state index is 13.7. The van der Waals surface area contributed by atoms with Gasteiger partial charge in [0.15, 0.2) is 0 Å². The van der Waals surface area contributed by atoms with Crippen molar-refractivity contribution in [2.45, 2.75) is 19.3 Å². The number of carbonyl (C=O) groups excluding carboxylic acids is 2. The summed E-state index contributed by atoms with van der Waals surface area (Å²) in [6.45, 7) is 1.07. The predicted molar refractivity (Wildman–Crippen MR) is 125 cm³/mol. The van der Waals surface area contributed by atoms with Gasteiger partial charge in [-0.05, 0) is 67.1 Å². The lowest BCUT2D eigenvalue weighted by molar-refractivity contribution is -0.117. The van der Waals surface area contributed by atoms with Crippen LogP contribution in [0.1, 0.15) is 40.9 Å². The second kappa shape index (κ2) is 10.7. The number of carbonyl (C=O) groups is 2. The molecule has 0 radical (unpaired) electrons. The van der Waals surface area contributed by atoms with Crippen LogP contribution in [0.15, 0.2) is 66.9 Å². The van der Waals surface area contributed by atoms with E-state index in [1.807, 2.05) is 24.3 Å². The zero-order valence-electron chi connectivity index (χ0n) is 18.4. The molecule has 0 atom stereocenters. The summed E-state index contributed by atoms with van der Waals surface area (Å²) in [5.41, 5.74) is 1.92. The largest absolute Gasteiger partial charge is 0.339 e. The number of likely N-dealkylation sites (tertiary alicyclic amines) is 1. The summed E-state index contributed by atoms with van der Waals surface area (Å²) in [6.07, 6.45) is 3.24. The summed E-state index contributed by atoms with van der Waals surface area (Å²) in [5.74, 6) is 4.22. The first-order valence-electron chi connectivity index (χ1n) is 11.1. The Balaban J connectivity index is 1.30. The number of amides is 2. The Morgan fingerprint density at radius 2 is 1.82 bits per heavy atom. The van der Waals surface area contributed by atoms with Gasteiger partial charge in [0.05, 0.1) is 5.69 Å². The van der Waals surface area contributed by atoms with E-state index in [4.69, 9.17) is 0 Å². The first kappa shape index (κ1) is 23.1. The predicted octanol–water partition coefficient (Wildman–Crippen LogP) is 4.64. The Kier molecular flexibility index (Phi) is 7.28. The first-order valence-corrected chi connectivity index (χ1v) is 11.1. The minimum Gasteiger partial charge on any atom is -0.339 e. The van der Waals surface area contributed by atoms with Gasteiger partial charge < -0.3 is 10.2 Å². The zero-order chi connectivity index (χ0) is 23.9. The van der Waals surface area contributed by atoms with E-state index in [9.17, 15) is 18.4 Å². The maximum atomic E-state index is 13.7. The van der Waals surface area contributed by atoms with Gasteiger partial charge in [-0.1, -0.05) is 18.1 Å². The van der Waals surface area contributed by atoms with E-state index in [2.05, 4.69) is 22.1 Å². The van der Waals surface area contributed by atoms with Crippen LogP contribution in [0, 0.1) is 29.4 Å². The summed E-state index contributed by atoms with van der Waals surface area (Å²) in [7, 11) is 0. The fourth-order valence-corrected chi connectivity index (χ4v) is 3.88. The van der Waals surface area contributed by atoms with Gasteiger partial charge in [0.2, 0.25) is 5.91 Å². The molecule has 1 aliphatic rings. The minimum atomic E-state index is -0.805. The van der Waals surface area contributed by atoms with Gasteiger partial charge in [-0.3, -0.25) is 9.59 Å². The van der Waals surface area contributed by atoms with Crippen molar-refractivity contribution in [1.29, 1.82) is 0 Å². The van der Waals surface area contributed by atoms with Crippen molar-refractivity contribution >= 4 is 17.5 Å². The van der Waals surface area contributed by atoms with Crippen LogP contribution in [0.2, 0.25) is 0 Å². The van der Waals surface area contributed by atoms with E-state index in [1.54, 1.807) is 29.3 Å². The quantitative estimate of drug-likeness (QED) is 0.578. The number of nitrogens with zero attached hydrogens (tertiary/aromatic N) is 2. The van der Waals surface area contributed by atoms with Crippen LogP contribution in [0.5, 0.6) is 0 Å². The van der Waals surface area contributed by atoms with Gasteiger partial charge >= 0.3 is 0 Å². The molecule has 0 unspecified atom stereocenters. The number of piperidine rings is 1. The van der Waals surface area contributed by atoms with Crippen LogP contribution in [-0.4, -0.2) is 34.8 Å². The number of anilines is 1. The summed E-state index contributed by atoms with van der Waals surface area (Å²) in [4.78, 5) is 31.2. The molecule has 1 saturated heterocycles. The average molecular weight is 459 g/mol. The molecule has 7 heteroatoms. The van der Waals surface area contributed by atoms with Gasteiger partial charge in [0, 0.05) is 42.9 Å². The molecule has 0 bridgehead atoms. The molecular weight excluding hydrogens is 436 g/mol. The number of rotatable bonds is 4. The molecule has 1 aliphatic heterocycles. The molecule has 3 aromatic rings. The maximum Gasteiger partial charge on any atom is 0.253 e. The summed E-state index contributed by atoms with van der Waals surface area (Å²) in [5, 5.41) is 2.50. The number of benzene rings is 2. The Morgan fingerprint density at radius 1 is 1.00 bits per heavy atom. The molecule has 0 saturated carbocycles. The van der Waals surface area contributed by atoms with E-state index >= 15 is 0 Å². The normalized spacial score (nSPS) is 13.6. The summed E-state index contributed by atoms with van der Waals surface area (Å²) >= 11 is 0. The molecule has 2 aromatic carbocycles. The molecule has 2 heterocycles. The van der Waals surface area contributed by atoms with Crippen molar-refractivity contribution in [2.24, 2.45) is 5.92 Å². The van der Waals surface area contributed by atoms with E-state index in [0.717, 1.165) is 17.7 Å². The van der Waals surface area contributed by atoms with Gasteiger partial charge in [0.25, 0.3) is 5.91 Å². The van der Waals surface area contributed by atoms with Crippen LogP contribution in [0.25, 0.3) is 0 Å². The Bertz CT molecular complexity index is 1240. The number of halogens is 2. The minimum absolute atomic E-state index is 0.0370. The second-order valence-corrected chi connectivity index (χ2v) is 8.16. The van der Waals surface area contributed by atoms with Crippen LogP contribution in [-0.2, 0) is 4.79 Å². The molecule has 0 aliphatic carbocycles. The lowest BCUT2D eigenvalue weighted by atomic mass is 9.92. The third kappa shape index (κ3) is 6.04. The molecule has 4 rings (SSSR count). The van der Waals surface area contributed by atoms with Gasteiger partial charge in [-0.15, -0.1) is 0 Å². The highest BCUT2D eigenvalue weighted by Gasteiger charge is 2.25. The Morgan fingerprint density at radius 3 is 2.56 bits per heavy atom. The lowest BCUT2D eigenvalue weighted by Crippen LogP contribution is -2.39. The van der Waals surface area contributed by atoms with Gasteiger partial charge in [-0.2, -0.15) is 0 Å².